The van der Waals surface area contributed by atoms with E-state index in [0.717, 1.165) is 31.2 Å². The molecule has 0 bridgehead atoms. The predicted octanol–water partition coefficient (Wildman–Crippen LogP) is 3.35. The number of likely N-dealkylation sites (N-methyl/N-ethyl adjacent to an activating group) is 1. The average Bonchev–Trinajstić information content (AvgIpc) is 2.75. The van der Waals surface area contributed by atoms with Crippen molar-refractivity contribution >= 4 is 35.1 Å². The van der Waals surface area contributed by atoms with Gasteiger partial charge in [-0.05, 0) is 51.9 Å². The smallest absolute Gasteiger partial charge is 0.330 e. The third-order valence-electron chi connectivity index (χ3n) is 5.83. The second-order valence-corrected chi connectivity index (χ2v) is 8.87. The maximum Gasteiger partial charge on any atom is 0.330 e. The van der Waals surface area contributed by atoms with E-state index >= 15 is 0 Å². The molecule has 2 aliphatic rings. The Labute approximate surface area is 187 Å². The number of anilines is 3. The number of amides is 2. The van der Waals surface area contributed by atoms with Crippen LogP contribution in [0.25, 0.3) is 0 Å². The highest BCUT2D eigenvalue weighted by Crippen LogP contribution is 2.34. The van der Waals surface area contributed by atoms with Crippen LogP contribution >= 0.6 is 11.6 Å². The van der Waals surface area contributed by atoms with Crippen molar-refractivity contribution in [2.75, 3.05) is 42.3 Å². The normalized spacial score (nSPS) is 21.4. The number of carbonyl (C=O) groups excluding carboxylic acids is 1. The summed E-state index contributed by atoms with van der Waals surface area (Å²) in [4.78, 5) is 28.1. The van der Waals surface area contributed by atoms with E-state index in [1.165, 1.54) is 0 Å². The molecule has 0 radical (unpaired) electrons. The third kappa shape index (κ3) is 4.92. The summed E-state index contributed by atoms with van der Waals surface area (Å²) in [7, 11) is 3.96. The van der Waals surface area contributed by atoms with Gasteiger partial charge < -0.3 is 15.3 Å². The molecule has 0 atom stereocenters. The highest BCUT2D eigenvalue weighted by atomic mass is 35.5. The molecule has 0 unspecified atom stereocenters. The fraction of sp³-hybridized carbons (Fsp3) is 0.500. The van der Waals surface area contributed by atoms with Gasteiger partial charge in [0.05, 0.1) is 23.4 Å². The van der Waals surface area contributed by atoms with Crippen molar-refractivity contribution in [2.45, 2.75) is 44.4 Å². The molecule has 1 fully saturated rings. The number of aliphatic hydroxyl groups is 1. The number of hydrogen-bond acceptors (Lipinski definition) is 6. The standard InChI is InChI=1S/C22H29ClN6O2/c1-27(2)11-12-28-20-15(14-29(22(28)31)19-6-4-3-5-18(19)23)13-24-21(26-20)25-16-7-9-17(30)10-8-16/h3-6,13,16-17,30H,7-12,14H2,1-2H3,(H,24,25,26). The van der Waals surface area contributed by atoms with Crippen LogP contribution in [-0.4, -0.2) is 65.3 Å². The molecule has 2 aromatic rings. The molecule has 1 aliphatic heterocycles. The molecule has 8 nitrogen and oxygen atoms in total. The van der Waals surface area contributed by atoms with Crippen LogP contribution in [0.1, 0.15) is 31.2 Å². The van der Waals surface area contributed by atoms with Crippen molar-refractivity contribution in [3.8, 4) is 0 Å². The zero-order chi connectivity index (χ0) is 22.0. The van der Waals surface area contributed by atoms with Gasteiger partial charge in [-0.25, -0.2) is 9.78 Å². The maximum atomic E-state index is 13.5. The Morgan fingerprint density at radius 1 is 1.23 bits per heavy atom. The number of carbonyl (C=O) groups is 1. The first-order chi connectivity index (χ1) is 14.9. The van der Waals surface area contributed by atoms with Crippen molar-refractivity contribution in [1.82, 2.24) is 14.9 Å². The number of urea groups is 1. The molecule has 1 aliphatic carbocycles. The number of para-hydroxylation sites is 1. The van der Waals surface area contributed by atoms with Gasteiger partial charge in [-0.2, -0.15) is 4.98 Å². The third-order valence-corrected chi connectivity index (χ3v) is 6.15. The lowest BCUT2D eigenvalue weighted by Gasteiger charge is -2.37. The van der Waals surface area contributed by atoms with Crippen LogP contribution in [0.15, 0.2) is 30.5 Å². The molecule has 4 rings (SSSR count). The van der Waals surface area contributed by atoms with E-state index in [2.05, 4.69) is 10.3 Å². The molecule has 1 aromatic heterocycles. The van der Waals surface area contributed by atoms with E-state index < -0.39 is 0 Å². The minimum atomic E-state index is -0.211. The van der Waals surface area contributed by atoms with E-state index in [1.807, 2.05) is 37.2 Å². The van der Waals surface area contributed by atoms with Gasteiger partial charge in [0.1, 0.15) is 5.82 Å². The van der Waals surface area contributed by atoms with Gasteiger partial charge in [0, 0.05) is 30.9 Å². The molecule has 1 saturated carbocycles. The second-order valence-electron chi connectivity index (χ2n) is 8.47. The monoisotopic (exact) mass is 444 g/mol. The minimum absolute atomic E-state index is 0.145. The van der Waals surface area contributed by atoms with Crippen molar-refractivity contribution in [3.63, 3.8) is 0 Å². The van der Waals surface area contributed by atoms with Crippen LogP contribution in [0.2, 0.25) is 5.02 Å². The summed E-state index contributed by atoms with van der Waals surface area (Å²) in [6, 6.07) is 7.45. The first-order valence-electron chi connectivity index (χ1n) is 10.7. The fourth-order valence-electron chi connectivity index (χ4n) is 4.05. The molecule has 9 heteroatoms. The number of nitrogens with one attached hydrogen (secondary N) is 1. The van der Waals surface area contributed by atoms with Gasteiger partial charge in [0.25, 0.3) is 0 Å². The molecule has 2 heterocycles. The number of rotatable bonds is 6. The highest BCUT2D eigenvalue weighted by molar-refractivity contribution is 6.34. The second kappa shape index (κ2) is 9.38. The summed E-state index contributed by atoms with van der Waals surface area (Å²) in [5.41, 5.74) is 1.56. The molecular formula is C22H29ClN6O2. The van der Waals surface area contributed by atoms with E-state index in [-0.39, 0.29) is 18.2 Å². The lowest BCUT2D eigenvalue weighted by atomic mass is 9.93. The lowest BCUT2D eigenvalue weighted by Crippen LogP contribution is -2.50. The van der Waals surface area contributed by atoms with Crippen LogP contribution in [0.5, 0.6) is 0 Å². The Morgan fingerprint density at radius 2 is 1.97 bits per heavy atom. The molecule has 0 spiro atoms. The number of nitrogens with zero attached hydrogens (tertiary/aromatic N) is 5. The summed E-state index contributed by atoms with van der Waals surface area (Å²) in [5, 5.41) is 13.7. The average molecular weight is 445 g/mol. The Bertz CT molecular complexity index is 932. The zero-order valence-electron chi connectivity index (χ0n) is 18.0. The highest BCUT2D eigenvalue weighted by Gasteiger charge is 2.34. The summed E-state index contributed by atoms with van der Waals surface area (Å²) in [6.07, 6.45) is 4.90. The number of hydrogen-bond donors (Lipinski definition) is 2. The number of aliphatic hydroxyl groups excluding tert-OH is 1. The van der Waals surface area contributed by atoms with E-state index in [1.54, 1.807) is 22.1 Å². The van der Waals surface area contributed by atoms with Crippen LogP contribution < -0.4 is 15.1 Å². The van der Waals surface area contributed by atoms with E-state index in [9.17, 15) is 9.90 Å². The largest absolute Gasteiger partial charge is 0.393 e. The van der Waals surface area contributed by atoms with Gasteiger partial charge in [-0.1, -0.05) is 23.7 Å². The summed E-state index contributed by atoms with van der Waals surface area (Å²) < 4.78 is 0. The zero-order valence-corrected chi connectivity index (χ0v) is 18.7. The van der Waals surface area contributed by atoms with Crippen molar-refractivity contribution in [2.24, 2.45) is 0 Å². The molecular weight excluding hydrogens is 416 g/mol. The van der Waals surface area contributed by atoms with Gasteiger partial charge in [-0.15, -0.1) is 0 Å². The van der Waals surface area contributed by atoms with Crippen LogP contribution in [-0.2, 0) is 6.54 Å². The number of benzene rings is 1. The van der Waals surface area contributed by atoms with Crippen LogP contribution in [0.3, 0.4) is 0 Å². The molecule has 2 N–H and O–H groups in total. The Hall–Kier alpha value is -2.42. The van der Waals surface area contributed by atoms with Crippen molar-refractivity contribution < 1.29 is 9.90 Å². The fourth-order valence-corrected chi connectivity index (χ4v) is 4.29. The quantitative estimate of drug-likeness (QED) is 0.710. The van der Waals surface area contributed by atoms with Crippen LogP contribution in [0, 0.1) is 0 Å². The summed E-state index contributed by atoms with van der Waals surface area (Å²) >= 11 is 6.39. The SMILES string of the molecule is CN(C)CCN1C(=O)N(c2ccccc2Cl)Cc2cnc(NC3CCC(O)CC3)nc21. The molecule has 2 amide bonds. The summed E-state index contributed by atoms with van der Waals surface area (Å²) in [5.74, 6) is 1.16. The van der Waals surface area contributed by atoms with Crippen LogP contribution in [0.4, 0.5) is 22.2 Å². The number of halogens is 1. The van der Waals surface area contributed by atoms with Gasteiger partial charge in [0.15, 0.2) is 0 Å². The first-order valence-corrected chi connectivity index (χ1v) is 11.1. The lowest BCUT2D eigenvalue weighted by molar-refractivity contribution is 0.126. The molecule has 1 aromatic carbocycles. The number of aromatic nitrogens is 2. The number of fused-ring (bicyclic) bond motifs is 1. The molecule has 0 saturated heterocycles. The Morgan fingerprint density at radius 3 is 2.68 bits per heavy atom. The van der Waals surface area contributed by atoms with Gasteiger partial charge in [0.2, 0.25) is 5.95 Å². The van der Waals surface area contributed by atoms with E-state index in [4.69, 9.17) is 16.6 Å². The topological polar surface area (TPSA) is 84.8 Å². The van der Waals surface area contributed by atoms with Crippen molar-refractivity contribution in [1.29, 1.82) is 0 Å². The molecule has 166 valence electrons. The minimum Gasteiger partial charge on any atom is -0.393 e. The van der Waals surface area contributed by atoms with Gasteiger partial charge in [-0.3, -0.25) is 9.80 Å². The van der Waals surface area contributed by atoms with E-state index in [0.29, 0.717) is 42.1 Å². The summed E-state index contributed by atoms with van der Waals surface area (Å²) in [6.45, 7) is 1.58. The van der Waals surface area contributed by atoms with Crippen molar-refractivity contribution in [3.05, 3.63) is 41.0 Å². The maximum absolute atomic E-state index is 13.5. The first kappa shape index (κ1) is 21.8. The Kier molecular flexibility index (Phi) is 6.60. The van der Waals surface area contributed by atoms with Gasteiger partial charge >= 0.3 is 6.03 Å². The Balaban J connectivity index is 1.62. The molecule has 31 heavy (non-hydrogen) atoms. The predicted molar refractivity (Wildman–Crippen MR) is 123 cm³/mol.